The standard InChI is InChI=1S/C13H12NO3/c1-8-13(9(2)15)10-5-3-4-6-11(10)14(8)7-12(16)17/h3-4,6H,7H2,1-2H3,(H,16,17). The van der Waals surface area contributed by atoms with E-state index in [1.165, 1.54) is 6.92 Å². The molecule has 0 amide bonds. The lowest BCUT2D eigenvalue weighted by Crippen LogP contribution is -2.10. The van der Waals surface area contributed by atoms with Crippen molar-refractivity contribution in [3.05, 3.63) is 35.5 Å². The maximum Gasteiger partial charge on any atom is 0.323 e. The number of carbonyl (C=O) groups is 2. The van der Waals surface area contributed by atoms with Crippen LogP contribution in [0, 0.1) is 13.0 Å². The molecule has 0 spiro atoms. The Bertz CT molecular complexity index is 610. The van der Waals surface area contributed by atoms with Crippen LogP contribution in [0.1, 0.15) is 23.0 Å². The molecule has 1 heterocycles. The van der Waals surface area contributed by atoms with Crippen LogP contribution in [0.4, 0.5) is 0 Å². The first kappa shape index (κ1) is 11.4. The molecule has 0 aliphatic heterocycles. The van der Waals surface area contributed by atoms with E-state index in [9.17, 15) is 9.59 Å². The van der Waals surface area contributed by atoms with Gasteiger partial charge in [0.1, 0.15) is 6.54 Å². The average Bonchev–Trinajstić information content (AvgIpc) is 2.52. The highest BCUT2D eigenvalue weighted by Crippen LogP contribution is 2.25. The number of fused-ring (bicyclic) bond motifs is 1. The van der Waals surface area contributed by atoms with Crippen molar-refractivity contribution in [2.45, 2.75) is 20.4 Å². The van der Waals surface area contributed by atoms with Crippen molar-refractivity contribution in [2.24, 2.45) is 0 Å². The summed E-state index contributed by atoms with van der Waals surface area (Å²) in [6, 6.07) is 8.30. The van der Waals surface area contributed by atoms with Gasteiger partial charge in [-0.05, 0) is 26.0 Å². The summed E-state index contributed by atoms with van der Waals surface area (Å²) < 4.78 is 1.63. The second kappa shape index (κ2) is 4.05. The van der Waals surface area contributed by atoms with Gasteiger partial charge in [0, 0.05) is 16.6 Å². The molecular weight excluding hydrogens is 218 g/mol. The number of nitrogens with zero attached hydrogens (tertiary/aromatic N) is 1. The molecule has 0 saturated heterocycles. The van der Waals surface area contributed by atoms with Crippen molar-refractivity contribution in [1.29, 1.82) is 0 Å². The summed E-state index contributed by atoms with van der Waals surface area (Å²) in [5.74, 6) is -0.997. The summed E-state index contributed by atoms with van der Waals surface area (Å²) in [5, 5.41) is 9.58. The minimum Gasteiger partial charge on any atom is -0.480 e. The molecule has 0 saturated carbocycles. The Labute approximate surface area is 98.5 Å². The molecule has 0 unspecified atom stereocenters. The zero-order valence-electron chi connectivity index (χ0n) is 9.65. The fraction of sp³-hybridized carbons (Fsp3) is 0.231. The third kappa shape index (κ3) is 1.82. The van der Waals surface area contributed by atoms with Gasteiger partial charge in [-0.3, -0.25) is 9.59 Å². The lowest BCUT2D eigenvalue weighted by molar-refractivity contribution is -0.137. The maximum absolute atomic E-state index is 11.6. The van der Waals surface area contributed by atoms with Gasteiger partial charge in [0.25, 0.3) is 0 Å². The van der Waals surface area contributed by atoms with Crippen LogP contribution in [-0.2, 0) is 11.3 Å². The van der Waals surface area contributed by atoms with Crippen molar-refractivity contribution in [1.82, 2.24) is 4.57 Å². The fourth-order valence-corrected chi connectivity index (χ4v) is 2.12. The third-order valence-corrected chi connectivity index (χ3v) is 2.79. The van der Waals surface area contributed by atoms with E-state index < -0.39 is 5.97 Å². The number of aromatic nitrogens is 1. The second-order valence-electron chi connectivity index (χ2n) is 3.93. The highest BCUT2D eigenvalue weighted by atomic mass is 16.4. The lowest BCUT2D eigenvalue weighted by atomic mass is 10.1. The van der Waals surface area contributed by atoms with Crippen LogP contribution in [0.3, 0.4) is 0 Å². The summed E-state index contributed by atoms with van der Waals surface area (Å²) in [6.45, 7) is 3.09. The van der Waals surface area contributed by atoms with E-state index in [1.54, 1.807) is 29.7 Å². The second-order valence-corrected chi connectivity index (χ2v) is 3.93. The van der Waals surface area contributed by atoms with Crippen LogP contribution in [0.15, 0.2) is 18.2 Å². The average molecular weight is 230 g/mol. The summed E-state index contributed by atoms with van der Waals surface area (Å²) >= 11 is 0. The number of carbonyl (C=O) groups excluding carboxylic acids is 1. The molecule has 2 rings (SSSR count). The number of benzene rings is 1. The predicted octanol–water partition coefficient (Wildman–Crippen LogP) is 2.04. The SMILES string of the molecule is CC(=O)c1c(C)n(CC(=O)O)c2ccc[c]c12. The molecule has 0 atom stereocenters. The minimum atomic E-state index is -0.927. The Morgan fingerprint density at radius 2 is 2.18 bits per heavy atom. The van der Waals surface area contributed by atoms with Gasteiger partial charge < -0.3 is 9.67 Å². The topological polar surface area (TPSA) is 59.3 Å². The van der Waals surface area contributed by atoms with Crippen molar-refractivity contribution < 1.29 is 14.7 Å². The van der Waals surface area contributed by atoms with Crippen LogP contribution in [-0.4, -0.2) is 21.4 Å². The van der Waals surface area contributed by atoms with E-state index in [4.69, 9.17) is 5.11 Å². The normalized spacial score (nSPS) is 10.7. The van der Waals surface area contributed by atoms with Crippen LogP contribution < -0.4 is 0 Å². The lowest BCUT2D eigenvalue weighted by Gasteiger charge is -2.04. The van der Waals surface area contributed by atoms with E-state index in [2.05, 4.69) is 6.07 Å². The van der Waals surface area contributed by atoms with Crippen LogP contribution in [0.25, 0.3) is 10.9 Å². The highest BCUT2D eigenvalue weighted by Gasteiger charge is 2.17. The summed E-state index contributed by atoms with van der Waals surface area (Å²) in [4.78, 5) is 22.4. The Hall–Kier alpha value is -2.10. The monoisotopic (exact) mass is 230 g/mol. The number of hydrogen-bond acceptors (Lipinski definition) is 2. The Morgan fingerprint density at radius 3 is 2.76 bits per heavy atom. The quantitative estimate of drug-likeness (QED) is 0.821. The molecule has 1 radical (unpaired) electrons. The van der Waals surface area contributed by atoms with Gasteiger partial charge in [-0.1, -0.05) is 12.1 Å². The highest BCUT2D eigenvalue weighted by molar-refractivity contribution is 6.08. The molecule has 0 aliphatic carbocycles. The molecule has 87 valence electrons. The number of hydrogen-bond donors (Lipinski definition) is 1. The minimum absolute atomic E-state index is 0.0703. The largest absolute Gasteiger partial charge is 0.480 e. The first-order valence-corrected chi connectivity index (χ1v) is 5.24. The van der Waals surface area contributed by atoms with E-state index in [1.807, 2.05) is 0 Å². The Balaban J connectivity index is 2.79. The third-order valence-electron chi connectivity index (χ3n) is 2.79. The Morgan fingerprint density at radius 1 is 1.47 bits per heavy atom. The number of rotatable bonds is 3. The van der Waals surface area contributed by atoms with Crippen LogP contribution in [0.2, 0.25) is 0 Å². The van der Waals surface area contributed by atoms with E-state index in [0.717, 1.165) is 5.52 Å². The van der Waals surface area contributed by atoms with Gasteiger partial charge in [0.2, 0.25) is 0 Å². The maximum atomic E-state index is 11.6. The van der Waals surface area contributed by atoms with Crippen molar-refractivity contribution in [2.75, 3.05) is 0 Å². The summed E-state index contributed by atoms with van der Waals surface area (Å²) in [7, 11) is 0. The van der Waals surface area contributed by atoms with Crippen LogP contribution in [0.5, 0.6) is 0 Å². The molecule has 0 fully saturated rings. The van der Waals surface area contributed by atoms with Crippen molar-refractivity contribution in [3.63, 3.8) is 0 Å². The number of carboxylic acid groups (broad SMARTS) is 1. The van der Waals surface area contributed by atoms with Gasteiger partial charge in [-0.25, -0.2) is 0 Å². The van der Waals surface area contributed by atoms with Gasteiger partial charge in [-0.15, -0.1) is 0 Å². The molecule has 17 heavy (non-hydrogen) atoms. The fourth-order valence-electron chi connectivity index (χ4n) is 2.12. The number of aliphatic carboxylic acids is 1. The summed E-state index contributed by atoms with van der Waals surface area (Å²) in [6.07, 6.45) is 0. The number of ketones is 1. The zero-order valence-corrected chi connectivity index (χ0v) is 9.65. The summed E-state index contributed by atoms with van der Waals surface area (Å²) in [5.41, 5.74) is 1.97. The van der Waals surface area contributed by atoms with Gasteiger partial charge in [0.05, 0.1) is 5.52 Å². The molecule has 2 aromatic rings. The van der Waals surface area contributed by atoms with E-state index in [-0.39, 0.29) is 12.3 Å². The predicted molar refractivity (Wildman–Crippen MR) is 63.2 cm³/mol. The van der Waals surface area contributed by atoms with Crippen LogP contribution >= 0.6 is 0 Å². The van der Waals surface area contributed by atoms with Crippen molar-refractivity contribution >= 4 is 22.7 Å². The first-order valence-electron chi connectivity index (χ1n) is 5.24. The molecule has 0 bridgehead atoms. The van der Waals surface area contributed by atoms with Gasteiger partial charge in [0.15, 0.2) is 5.78 Å². The number of Topliss-reactive ketones (excluding diaryl/α,β-unsaturated/α-hetero) is 1. The van der Waals surface area contributed by atoms with Crippen molar-refractivity contribution in [3.8, 4) is 0 Å². The molecule has 1 N–H and O–H groups in total. The smallest absolute Gasteiger partial charge is 0.323 e. The molecule has 4 heteroatoms. The molecule has 1 aromatic carbocycles. The number of carboxylic acids is 1. The zero-order chi connectivity index (χ0) is 12.6. The van der Waals surface area contributed by atoms with E-state index >= 15 is 0 Å². The molecule has 4 nitrogen and oxygen atoms in total. The van der Waals surface area contributed by atoms with Gasteiger partial charge in [-0.2, -0.15) is 0 Å². The first-order chi connectivity index (χ1) is 8.02. The molecular formula is C13H12NO3. The molecule has 0 aliphatic rings. The van der Waals surface area contributed by atoms with Gasteiger partial charge >= 0.3 is 5.97 Å². The van der Waals surface area contributed by atoms with E-state index in [0.29, 0.717) is 16.6 Å². The molecule has 1 aromatic heterocycles. The Kier molecular flexibility index (Phi) is 2.71.